The summed E-state index contributed by atoms with van der Waals surface area (Å²) in [5.41, 5.74) is 9.43. The summed E-state index contributed by atoms with van der Waals surface area (Å²) in [5.74, 6) is 0.706. The van der Waals surface area contributed by atoms with E-state index in [9.17, 15) is 0 Å². The van der Waals surface area contributed by atoms with Crippen molar-refractivity contribution < 1.29 is 0 Å². The minimum atomic E-state index is 0.706. The zero-order chi connectivity index (χ0) is 29.5. The van der Waals surface area contributed by atoms with Crippen LogP contribution in [0.2, 0.25) is 0 Å². The summed E-state index contributed by atoms with van der Waals surface area (Å²) in [6.07, 6.45) is 3.65. The van der Waals surface area contributed by atoms with Crippen LogP contribution in [0, 0.1) is 0 Å². The van der Waals surface area contributed by atoms with Gasteiger partial charge in [0.05, 0.1) is 11.4 Å². The highest BCUT2D eigenvalue weighted by molar-refractivity contribution is 9.10. The molecule has 0 radical (unpaired) electrons. The number of nitrogens with zero attached hydrogens (tertiary/aromatic N) is 3. The van der Waals surface area contributed by atoms with Crippen molar-refractivity contribution in [2.24, 2.45) is 0 Å². The molecule has 0 saturated carbocycles. The van der Waals surface area contributed by atoms with Crippen LogP contribution < -0.4 is 0 Å². The number of aromatic nitrogens is 3. The average Bonchev–Trinajstić information content (AvgIpc) is 3.47. The molecule has 208 valence electrons. The Balaban J connectivity index is 1.24. The molecule has 0 saturated heterocycles. The van der Waals surface area contributed by atoms with Crippen molar-refractivity contribution in [3.05, 3.63) is 150 Å². The third kappa shape index (κ3) is 5.11. The first-order chi connectivity index (χ1) is 21.7. The largest absolute Gasteiger partial charge is 0.265 e. The normalized spacial score (nSPS) is 11.3. The van der Waals surface area contributed by atoms with Gasteiger partial charge in [-0.3, -0.25) is 4.98 Å². The fourth-order valence-electron chi connectivity index (χ4n) is 5.65. The van der Waals surface area contributed by atoms with Crippen LogP contribution >= 0.6 is 27.3 Å². The minimum Gasteiger partial charge on any atom is -0.265 e. The molecule has 0 aliphatic heterocycles. The molecule has 0 amide bonds. The molecule has 5 aromatic carbocycles. The number of hydrogen-bond acceptors (Lipinski definition) is 4. The lowest BCUT2D eigenvalue weighted by molar-refractivity contribution is 1.18. The van der Waals surface area contributed by atoms with Gasteiger partial charge in [-0.15, -0.1) is 11.3 Å². The maximum Gasteiger partial charge on any atom is 0.160 e. The lowest BCUT2D eigenvalue weighted by Crippen LogP contribution is -1.96. The molecule has 0 bridgehead atoms. The summed E-state index contributed by atoms with van der Waals surface area (Å²) in [6.45, 7) is 0. The van der Waals surface area contributed by atoms with Crippen LogP contribution in [0.3, 0.4) is 0 Å². The summed E-state index contributed by atoms with van der Waals surface area (Å²) in [6, 6.07) is 46.8. The molecule has 0 unspecified atom stereocenters. The number of halogens is 1. The second-order valence-corrected chi connectivity index (χ2v) is 12.7. The number of fused-ring (bicyclic) bond motifs is 3. The Morgan fingerprint density at radius 1 is 0.432 bits per heavy atom. The third-order valence-corrected chi connectivity index (χ3v) is 9.45. The molecule has 5 heteroatoms. The summed E-state index contributed by atoms with van der Waals surface area (Å²) in [5, 5.41) is 2.57. The van der Waals surface area contributed by atoms with Gasteiger partial charge in [-0.2, -0.15) is 0 Å². The zero-order valence-electron chi connectivity index (χ0n) is 23.5. The molecule has 0 spiro atoms. The molecular weight excluding hydrogens is 622 g/mol. The van der Waals surface area contributed by atoms with Gasteiger partial charge in [0.15, 0.2) is 5.82 Å². The van der Waals surface area contributed by atoms with E-state index in [1.54, 1.807) is 0 Å². The first-order valence-corrected chi connectivity index (χ1v) is 16.0. The maximum absolute atomic E-state index is 5.09. The summed E-state index contributed by atoms with van der Waals surface area (Å²) < 4.78 is 3.55. The Morgan fingerprint density at radius 2 is 1.05 bits per heavy atom. The molecule has 0 aliphatic carbocycles. The number of pyridine rings is 1. The molecule has 3 nitrogen and oxygen atoms in total. The Hall–Kier alpha value is -4.97. The van der Waals surface area contributed by atoms with E-state index in [0.717, 1.165) is 54.8 Å². The van der Waals surface area contributed by atoms with Crippen molar-refractivity contribution in [2.75, 3.05) is 0 Å². The smallest absolute Gasteiger partial charge is 0.160 e. The first-order valence-electron chi connectivity index (χ1n) is 14.4. The van der Waals surface area contributed by atoms with Crippen molar-refractivity contribution in [1.82, 2.24) is 15.0 Å². The van der Waals surface area contributed by atoms with Crippen LogP contribution in [0.25, 0.3) is 76.3 Å². The molecule has 0 atom stereocenters. The van der Waals surface area contributed by atoms with Crippen LogP contribution in [0.5, 0.6) is 0 Å². The highest BCUT2D eigenvalue weighted by Crippen LogP contribution is 2.38. The molecule has 8 rings (SSSR count). The van der Waals surface area contributed by atoms with E-state index in [2.05, 4.69) is 124 Å². The lowest BCUT2D eigenvalue weighted by Gasteiger charge is -2.12. The highest BCUT2D eigenvalue weighted by Gasteiger charge is 2.14. The Bertz CT molecular complexity index is 2280. The molecule has 0 N–H and O–H groups in total. The predicted octanol–water partition coefficient (Wildman–Crippen LogP) is 11.3. The van der Waals surface area contributed by atoms with Crippen LogP contribution in [0.15, 0.2) is 150 Å². The van der Waals surface area contributed by atoms with Crippen LogP contribution in [0.1, 0.15) is 0 Å². The predicted molar refractivity (Wildman–Crippen MR) is 188 cm³/mol. The number of rotatable bonds is 5. The van der Waals surface area contributed by atoms with E-state index in [-0.39, 0.29) is 0 Å². The molecule has 3 aromatic heterocycles. The quantitative estimate of drug-likeness (QED) is 0.187. The van der Waals surface area contributed by atoms with Crippen molar-refractivity contribution >= 4 is 47.4 Å². The fraction of sp³-hybridized carbons (Fsp3) is 0. The Morgan fingerprint density at radius 3 is 1.84 bits per heavy atom. The van der Waals surface area contributed by atoms with E-state index in [0.29, 0.717) is 5.82 Å². The van der Waals surface area contributed by atoms with Gasteiger partial charge in [-0.25, -0.2) is 9.97 Å². The van der Waals surface area contributed by atoms with E-state index in [1.165, 1.54) is 20.2 Å². The summed E-state index contributed by atoms with van der Waals surface area (Å²) in [7, 11) is 0. The molecule has 0 aliphatic rings. The third-order valence-electron chi connectivity index (χ3n) is 7.86. The fourth-order valence-corrected chi connectivity index (χ4v) is 7.29. The zero-order valence-corrected chi connectivity index (χ0v) is 25.9. The molecule has 3 heterocycles. The van der Waals surface area contributed by atoms with Gasteiger partial charge in [-0.05, 0) is 70.8 Å². The van der Waals surface area contributed by atoms with Gasteiger partial charge < -0.3 is 0 Å². The van der Waals surface area contributed by atoms with Gasteiger partial charge in [0.2, 0.25) is 0 Å². The second-order valence-electron chi connectivity index (χ2n) is 10.7. The number of benzene rings is 5. The first kappa shape index (κ1) is 26.6. The van der Waals surface area contributed by atoms with Crippen LogP contribution in [0.4, 0.5) is 0 Å². The van der Waals surface area contributed by atoms with Gasteiger partial charge >= 0.3 is 0 Å². The van der Waals surface area contributed by atoms with Crippen molar-refractivity contribution in [1.29, 1.82) is 0 Å². The summed E-state index contributed by atoms with van der Waals surface area (Å²) >= 11 is 5.60. The monoisotopic (exact) mass is 645 g/mol. The summed E-state index contributed by atoms with van der Waals surface area (Å²) in [4.78, 5) is 14.3. The van der Waals surface area contributed by atoms with Gasteiger partial charge in [0, 0.05) is 53.7 Å². The van der Waals surface area contributed by atoms with Crippen molar-refractivity contribution in [3.63, 3.8) is 0 Å². The standard InChI is InChI=1S/C39H24BrN3S/c40-32-21-30(26-12-10-25(11-13-26)27-16-18-41-19-17-27)20-31(22-32)36-24-35(42-39(43-36)28-6-2-1-3-7-28)29-14-15-34-33-8-4-5-9-37(33)44-38(34)23-29/h1-24H. The van der Waals surface area contributed by atoms with E-state index < -0.39 is 0 Å². The minimum absolute atomic E-state index is 0.706. The number of thiophene rings is 1. The van der Waals surface area contributed by atoms with Gasteiger partial charge in [0.1, 0.15) is 0 Å². The highest BCUT2D eigenvalue weighted by atomic mass is 79.9. The SMILES string of the molecule is Brc1cc(-c2ccc(-c3ccncc3)cc2)cc(-c2cc(-c3ccc4c(c3)sc3ccccc34)nc(-c3ccccc3)n2)c1. The van der Waals surface area contributed by atoms with Gasteiger partial charge in [-0.1, -0.05) is 101 Å². The molecular formula is C39H24BrN3S. The maximum atomic E-state index is 5.09. The van der Waals surface area contributed by atoms with E-state index in [4.69, 9.17) is 9.97 Å². The second kappa shape index (κ2) is 11.3. The Kier molecular flexibility index (Phi) is 6.82. The number of hydrogen-bond donors (Lipinski definition) is 0. The van der Waals surface area contributed by atoms with Crippen molar-refractivity contribution in [2.45, 2.75) is 0 Å². The Labute approximate surface area is 267 Å². The molecule has 44 heavy (non-hydrogen) atoms. The van der Waals surface area contributed by atoms with E-state index in [1.807, 2.05) is 54.1 Å². The van der Waals surface area contributed by atoms with E-state index >= 15 is 0 Å². The van der Waals surface area contributed by atoms with Crippen LogP contribution in [-0.4, -0.2) is 15.0 Å². The molecule has 0 fully saturated rings. The van der Waals surface area contributed by atoms with Crippen LogP contribution in [-0.2, 0) is 0 Å². The molecule has 8 aromatic rings. The topological polar surface area (TPSA) is 38.7 Å². The lowest BCUT2D eigenvalue weighted by atomic mass is 9.98. The average molecular weight is 647 g/mol. The van der Waals surface area contributed by atoms with Gasteiger partial charge in [0.25, 0.3) is 0 Å². The van der Waals surface area contributed by atoms with Crippen molar-refractivity contribution in [3.8, 4) is 56.2 Å².